The van der Waals surface area contributed by atoms with Crippen molar-refractivity contribution in [3.8, 4) is 11.5 Å². The smallest absolute Gasteiger partial charge is 0.223 e. The summed E-state index contributed by atoms with van der Waals surface area (Å²) in [5.41, 5.74) is 1.14. The molecule has 7 heteroatoms. The van der Waals surface area contributed by atoms with Gasteiger partial charge in [-0.05, 0) is 43.9 Å². The van der Waals surface area contributed by atoms with Crippen LogP contribution in [0.1, 0.15) is 25.3 Å². The zero-order valence-corrected chi connectivity index (χ0v) is 15.9. The minimum absolute atomic E-state index is 0.169. The molecule has 1 fully saturated rings. The first-order valence-corrected chi connectivity index (χ1v) is 9.18. The summed E-state index contributed by atoms with van der Waals surface area (Å²) in [7, 11) is 3.26. The van der Waals surface area contributed by atoms with E-state index in [4.69, 9.17) is 9.47 Å². The second-order valence-corrected chi connectivity index (χ2v) is 6.19. The number of methoxy groups -OCH3 is 2. The van der Waals surface area contributed by atoms with Crippen LogP contribution < -0.4 is 25.4 Å². The van der Waals surface area contributed by atoms with E-state index >= 15 is 0 Å². The molecule has 1 aromatic rings. The third-order valence-corrected chi connectivity index (χ3v) is 4.13. The third kappa shape index (κ3) is 6.46. The summed E-state index contributed by atoms with van der Waals surface area (Å²) in [5.74, 6) is 2.63. The van der Waals surface area contributed by atoms with Crippen molar-refractivity contribution in [2.24, 2.45) is 10.9 Å². The Bertz CT molecular complexity index is 615. The van der Waals surface area contributed by atoms with Crippen LogP contribution in [0, 0.1) is 5.92 Å². The Morgan fingerprint density at radius 3 is 2.50 bits per heavy atom. The molecule has 0 unspecified atom stereocenters. The number of nitrogens with zero attached hydrogens (tertiary/aromatic N) is 1. The van der Waals surface area contributed by atoms with Crippen molar-refractivity contribution in [2.75, 3.05) is 40.4 Å². The number of aliphatic imine (C=N–C) groups is 1. The second-order valence-electron chi connectivity index (χ2n) is 6.19. The van der Waals surface area contributed by atoms with E-state index < -0.39 is 0 Å². The average molecular weight is 362 g/mol. The van der Waals surface area contributed by atoms with Crippen molar-refractivity contribution >= 4 is 11.9 Å². The van der Waals surface area contributed by atoms with Gasteiger partial charge in [-0.1, -0.05) is 6.07 Å². The van der Waals surface area contributed by atoms with Crippen LogP contribution in [0.4, 0.5) is 0 Å². The lowest BCUT2D eigenvalue weighted by molar-refractivity contribution is -0.122. The SMILES string of the molecule is CCNC(=NCCc1ccc(OC)c(OC)c1)NCCNC(=O)C1CC1. The number of guanidine groups is 1. The number of carbonyl (C=O) groups is 1. The molecular weight excluding hydrogens is 332 g/mol. The number of benzene rings is 1. The lowest BCUT2D eigenvalue weighted by Crippen LogP contribution is -2.41. The van der Waals surface area contributed by atoms with Crippen LogP contribution in [0.2, 0.25) is 0 Å². The molecule has 0 saturated heterocycles. The van der Waals surface area contributed by atoms with E-state index in [0.29, 0.717) is 19.6 Å². The molecule has 0 heterocycles. The van der Waals surface area contributed by atoms with Crippen LogP contribution in [-0.4, -0.2) is 52.3 Å². The van der Waals surface area contributed by atoms with Gasteiger partial charge in [0.1, 0.15) is 0 Å². The molecule has 1 saturated carbocycles. The number of amides is 1. The normalized spacial score (nSPS) is 13.9. The maximum Gasteiger partial charge on any atom is 0.223 e. The summed E-state index contributed by atoms with van der Waals surface area (Å²) >= 11 is 0. The standard InChI is InChI=1S/C19H30N4O3/c1-4-20-19(23-12-11-21-18(24)15-6-7-15)22-10-9-14-5-8-16(25-2)17(13-14)26-3/h5,8,13,15H,4,6-7,9-12H2,1-3H3,(H,21,24)(H2,20,22,23). The first-order chi connectivity index (χ1) is 12.7. The highest BCUT2D eigenvalue weighted by atomic mass is 16.5. The minimum Gasteiger partial charge on any atom is -0.493 e. The molecule has 0 aliphatic heterocycles. The van der Waals surface area contributed by atoms with Gasteiger partial charge in [-0.2, -0.15) is 0 Å². The molecule has 0 bridgehead atoms. The van der Waals surface area contributed by atoms with Gasteiger partial charge in [0.15, 0.2) is 17.5 Å². The van der Waals surface area contributed by atoms with Gasteiger partial charge in [0.05, 0.1) is 14.2 Å². The summed E-state index contributed by atoms with van der Waals surface area (Å²) < 4.78 is 10.6. The molecule has 1 amide bonds. The zero-order valence-electron chi connectivity index (χ0n) is 15.9. The predicted octanol–water partition coefficient (Wildman–Crippen LogP) is 1.33. The molecule has 1 aliphatic carbocycles. The van der Waals surface area contributed by atoms with Gasteiger partial charge in [-0.25, -0.2) is 0 Å². The fourth-order valence-electron chi connectivity index (χ4n) is 2.53. The highest BCUT2D eigenvalue weighted by Crippen LogP contribution is 2.28. The Morgan fingerprint density at radius 2 is 1.85 bits per heavy atom. The molecule has 2 rings (SSSR count). The number of hydrogen-bond acceptors (Lipinski definition) is 4. The number of nitrogens with one attached hydrogen (secondary N) is 3. The van der Waals surface area contributed by atoms with Crippen LogP contribution in [0.3, 0.4) is 0 Å². The predicted molar refractivity (Wildman–Crippen MR) is 103 cm³/mol. The van der Waals surface area contributed by atoms with Crippen molar-refractivity contribution < 1.29 is 14.3 Å². The van der Waals surface area contributed by atoms with Gasteiger partial charge < -0.3 is 25.4 Å². The molecule has 144 valence electrons. The Balaban J connectivity index is 1.77. The lowest BCUT2D eigenvalue weighted by atomic mass is 10.1. The maximum atomic E-state index is 11.6. The summed E-state index contributed by atoms with van der Waals surface area (Å²) in [6, 6.07) is 5.90. The van der Waals surface area contributed by atoms with Gasteiger partial charge in [-0.15, -0.1) is 0 Å². The number of rotatable bonds is 10. The van der Waals surface area contributed by atoms with E-state index in [9.17, 15) is 4.79 Å². The molecule has 0 spiro atoms. The van der Waals surface area contributed by atoms with Crippen molar-refractivity contribution in [3.05, 3.63) is 23.8 Å². The fraction of sp³-hybridized carbons (Fsp3) is 0.579. The van der Waals surface area contributed by atoms with Gasteiger partial charge in [0.25, 0.3) is 0 Å². The van der Waals surface area contributed by atoms with Gasteiger partial charge in [-0.3, -0.25) is 9.79 Å². The Morgan fingerprint density at radius 1 is 1.12 bits per heavy atom. The van der Waals surface area contributed by atoms with E-state index in [1.54, 1.807) is 14.2 Å². The Hall–Kier alpha value is -2.44. The highest BCUT2D eigenvalue weighted by Gasteiger charge is 2.28. The van der Waals surface area contributed by atoms with E-state index in [0.717, 1.165) is 48.8 Å². The van der Waals surface area contributed by atoms with Gasteiger partial charge >= 0.3 is 0 Å². The van der Waals surface area contributed by atoms with E-state index in [2.05, 4.69) is 20.9 Å². The van der Waals surface area contributed by atoms with Crippen molar-refractivity contribution in [3.63, 3.8) is 0 Å². The molecule has 0 radical (unpaired) electrons. The van der Waals surface area contributed by atoms with Crippen LogP contribution >= 0.6 is 0 Å². The van der Waals surface area contributed by atoms with Gasteiger partial charge in [0.2, 0.25) is 5.91 Å². The minimum atomic E-state index is 0.169. The van der Waals surface area contributed by atoms with Crippen LogP contribution in [0.5, 0.6) is 11.5 Å². The average Bonchev–Trinajstić information content (AvgIpc) is 3.50. The molecule has 3 N–H and O–H groups in total. The topological polar surface area (TPSA) is 84.0 Å². The summed E-state index contributed by atoms with van der Waals surface area (Å²) in [5, 5.41) is 9.39. The van der Waals surface area contributed by atoms with Crippen LogP contribution in [-0.2, 0) is 11.2 Å². The first kappa shape index (κ1) is 19.9. The zero-order chi connectivity index (χ0) is 18.8. The highest BCUT2D eigenvalue weighted by molar-refractivity contribution is 5.81. The summed E-state index contributed by atoms with van der Waals surface area (Å²) in [6.45, 7) is 4.73. The van der Waals surface area contributed by atoms with E-state index in [1.165, 1.54) is 0 Å². The third-order valence-electron chi connectivity index (χ3n) is 4.13. The lowest BCUT2D eigenvalue weighted by Gasteiger charge is -2.12. The van der Waals surface area contributed by atoms with E-state index in [-0.39, 0.29) is 11.8 Å². The number of hydrogen-bond donors (Lipinski definition) is 3. The monoisotopic (exact) mass is 362 g/mol. The number of ether oxygens (including phenoxy) is 2. The number of carbonyl (C=O) groups excluding carboxylic acids is 1. The first-order valence-electron chi connectivity index (χ1n) is 9.18. The van der Waals surface area contributed by atoms with Crippen molar-refractivity contribution in [1.82, 2.24) is 16.0 Å². The molecule has 0 atom stereocenters. The largest absolute Gasteiger partial charge is 0.493 e. The van der Waals surface area contributed by atoms with Crippen LogP contribution in [0.15, 0.2) is 23.2 Å². The van der Waals surface area contributed by atoms with Crippen molar-refractivity contribution in [2.45, 2.75) is 26.2 Å². The summed E-state index contributed by atoms with van der Waals surface area (Å²) in [4.78, 5) is 16.2. The van der Waals surface area contributed by atoms with Gasteiger partial charge in [0, 0.05) is 32.1 Å². The van der Waals surface area contributed by atoms with Crippen LogP contribution in [0.25, 0.3) is 0 Å². The van der Waals surface area contributed by atoms with Crippen molar-refractivity contribution in [1.29, 1.82) is 0 Å². The molecule has 1 aromatic carbocycles. The molecule has 26 heavy (non-hydrogen) atoms. The van der Waals surface area contributed by atoms with E-state index in [1.807, 2.05) is 25.1 Å². The Labute approximate surface area is 155 Å². The maximum absolute atomic E-state index is 11.6. The molecule has 1 aliphatic rings. The molecular formula is C19H30N4O3. The second kappa shape index (κ2) is 10.5. The summed E-state index contributed by atoms with van der Waals surface area (Å²) in [6.07, 6.45) is 2.86. The molecule has 7 nitrogen and oxygen atoms in total. The Kier molecular flexibility index (Phi) is 8.05. The molecule has 0 aromatic heterocycles. The fourth-order valence-corrected chi connectivity index (χ4v) is 2.53. The quantitative estimate of drug-likeness (QED) is 0.332.